The zero-order valence-electron chi connectivity index (χ0n) is 14.4. The van der Waals surface area contributed by atoms with Crippen LogP contribution in [-0.2, 0) is 17.8 Å². The first-order valence-corrected chi connectivity index (χ1v) is 8.92. The number of aryl methyl sites for hydroxylation is 1. The zero-order chi connectivity index (χ0) is 16.8. The molecule has 0 saturated heterocycles. The van der Waals surface area contributed by atoms with Crippen molar-refractivity contribution in [3.63, 3.8) is 0 Å². The minimum atomic E-state index is 0.214. The minimum absolute atomic E-state index is 0.214. The van der Waals surface area contributed by atoms with Crippen LogP contribution in [0.3, 0.4) is 0 Å². The number of para-hydroxylation sites is 1. The van der Waals surface area contributed by atoms with Crippen LogP contribution in [0.5, 0.6) is 0 Å². The van der Waals surface area contributed by atoms with Gasteiger partial charge in [0.15, 0.2) is 0 Å². The van der Waals surface area contributed by atoms with Gasteiger partial charge in [-0.25, -0.2) is 0 Å². The van der Waals surface area contributed by atoms with E-state index in [0.29, 0.717) is 6.54 Å². The Morgan fingerprint density at radius 2 is 1.83 bits per heavy atom. The zero-order valence-corrected chi connectivity index (χ0v) is 14.4. The molecule has 1 heterocycles. The lowest BCUT2D eigenvalue weighted by Gasteiger charge is -2.31. The molecule has 1 aliphatic heterocycles. The van der Waals surface area contributed by atoms with Gasteiger partial charge in [0.1, 0.15) is 0 Å². The molecule has 3 nitrogen and oxygen atoms in total. The van der Waals surface area contributed by atoms with E-state index in [4.69, 9.17) is 0 Å². The van der Waals surface area contributed by atoms with Crippen LogP contribution in [0, 0.1) is 0 Å². The molecular weight excluding hydrogens is 296 g/mol. The van der Waals surface area contributed by atoms with Gasteiger partial charge in [0.2, 0.25) is 5.91 Å². The standard InChI is InChI=1S/C21H26N2O/c1-2-14-22(16-18-9-4-3-5-10-18)17-21(24)23-15-8-12-19-11-6-7-13-20(19)23/h3-7,9-11,13H,2,8,12,14-17H2,1H3. The lowest BCUT2D eigenvalue weighted by molar-refractivity contribution is -0.120. The Morgan fingerprint density at radius 3 is 2.62 bits per heavy atom. The quantitative estimate of drug-likeness (QED) is 0.806. The summed E-state index contributed by atoms with van der Waals surface area (Å²) in [5.41, 5.74) is 3.66. The molecule has 3 heteroatoms. The van der Waals surface area contributed by atoms with E-state index >= 15 is 0 Å². The Hall–Kier alpha value is -2.13. The summed E-state index contributed by atoms with van der Waals surface area (Å²) in [4.78, 5) is 17.2. The molecule has 2 aromatic carbocycles. The van der Waals surface area contributed by atoms with E-state index in [9.17, 15) is 4.79 Å². The second-order valence-corrected chi connectivity index (χ2v) is 6.47. The van der Waals surface area contributed by atoms with Crippen molar-refractivity contribution in [3.8, 4) is 0 Å². The van der Waals surface area contributed by atoms with Gasteiger partial charge in [-0.2, -0.15) is 0 Å². The molecule has 0 unspecified atom stereocenters. The van der Waals surface area contributed by atoms with Gasteiger partial charge in [-0.3, -0.25) is 9.69 Å². The first-order chi connectivity index (χ1) is 11.8. The van der Waals surface area contributed by atoms with E-state index in [1.54, 1.807) is 0 Å². The summed E-state index contributed by atoms with van der Waals surface area (Å²) in [5.74, 6) is 0.214. The van der Waals surface area contributed by atoms with Crippen LogP contribution in [0.15, 0.2) is 54.6 Å². The number of anilines is 1. The lowest BCUT2D eigenvalue weighted by atomic mass is 10.0. The van der Waals surface area contributed by atoms with E-state index in [1.807, 2.05) is 17.0 Å². The molecule has 0 radical (unpaired) electrons. The average molecular weight is 322 g/mol. The van der Waals surface area contributed by atoms with Gasteiger partial charge in [0.05, 0.1) is 6.54 Å². The fourth-order valence-electron chi connectivity index (χ4n) is 3.44. The molecular formula is C21H26N2O. The summed E-state index contributed by atoms with van der Waals surface area (Å²) < 4.78 is 0. The normalized spacial score (nSPS) is 13.8. The third-order valence-corrected chi connectivity index (χ3v) is 4.56. The van der Waals surface area contributed by atoms with Crippen LogP contribution in [-0.4, -0.2) is 30.4 Å². The Morgan fingerprint density at radius 1 is 1.08 bits per heavy atom. The van der Waals surface area contributed by atoms with Crippen LogP contribution in [0.4, 0.5) is 5.69 Å². The van der Waals surface area contributed by atoms with Gasteiger partial charge in [-0.05, 0) is 43.0 Å². The summed E-state index contributed by atoms with van der Waals surface area (Å²) in [6.07, 6.45) is 3.18. The van der Waals surface area contributed by atoms with Crippen molar-refractivity contribution in [3.05, 3.63) is 65.7 Å². The van der Waals surface area contributed by atoms with Gasteiger partial charge >= 0.3 is 0 Å². The van der Waals surface area contributed by atoms with Crippen molar-refractivity contribution >= 4 is 11.6 Å². The van der Waals surface area contributed by atoms with E-state index in [1.165, 1.54) is 11.1 Å². The van der Waals surface area contributed by atoms with Crippen molar-refractivity contribution < 1.29 is 4.79 Å². The van der Waals surface area contributed by atoms with Crippen LogP contribution >= 0.6 is 0 Å². The molecule has 1 aliphatic rings. The first-order valence-electron chi connectivity index (χ1n) is 8.92. The van der Waals surface area contributed by atoms with Crippen molar-refractivity contribution in [1.82, 2.24) is 4.90 Å². The first kappa shape index (κ1) is 16.7. The summed E-state index contributed by atoms with van der Waals surface area (Å²) in [5, 5.41) is 0. The predicted octanol–water partition coefficient (Wildman–Crippen LogP) is 3.88. The van der Waals surface area contributed by atoms with Gasteiger partial charge in [0, 0.05) is 18.8 Å². The summed E-state index contributed by atoms with van der Waals surface area (Å²) in [6.45, 7) is 5.25. The molecule has 0 fully saturated rings. The van der Waals surface area contributed by atoms with Crippen molar-refractivity contribution in [2.45, 2.75) is 32.7 Å². The number of fused-ring (bicyclic) bond motifs is 1. The molecule has 0 N–H and O–H groups in total. The number of carbonyl (C=O) groups excluding carboxylic acids is 1. The highest BCUT2D eigenvalue weighted by Gasteiger charge is 2.23. The van der Waals surface area contributed by atoms with Crippen molar-refractivity contribution in [1.29, 1.82) is 0 Å². The van der Waals surface area contributed by atoms with E-state index in [0.717, 1.165) is 44.6 Å². The van der Waals surface area contributed by atoms with Crippen LogP contribution in [0.25, 0.3) is 0 Å². The monoisotopic (exact) mass is 322 g/mol. The number of rotatable bonds is 6. The number of nitrogens with zero attached hydrogens (tertiary/aromatic N) is 2. The number of benzene rings is 2. The third kappa shape index (κ3) is 4.04. The minimum Gasteiger partial charge on any atom is -0.311 e. The van der Waals surface area contributed by atoms with Gasteiger partial charge in [0.25, 0.3) is 0 Å². The van der Waals surface area contributed by atoms with E-state index in [2.05, 4.69) is 54.3 Å². The lowest BCUT2D eigenvalue weighted by Crippen LogP contribution is -2.42. The van der Waals surface area contributed by atoms with Crippen molar-refractivity contribution in [2.24, 2.45) is 0 Å². The van der Waals surface area contributed by atoms with E-state index in [-0.39, 0.29) is 5.91 Å². The molecule has 0 aromatic heterocycles. The van der Waals surface area contributed by atoms with Crippen LogP contribution in [0.2, 0.25) is 0 Å². The van der Waals surface area contributed by atoms with Crippen molar-refractivity contribution in [2.75, 3.05) is 24.5 Å². The highest BCUT2D eigenvalue weighted by molar-refractivity contribution is 5.95. The highest BCUT2D eigenvalue weighted by atomic mass is 16.2. The number of hydrogen-bond acceptors (Lipinski definition) is 2. The van der Waals surface area contributed by atoms with Gasteiger partial charge in [-0.15, -0.1) is 0 Å². The third-order valence-electron chi connectivity index (χ3n) is 4.56. The summed E-state index contributed by atoms with van der Waals surface area (Å²) in [6, 6.07) is 18.7. The Kier molecular flexibility index (Phi) is 5.65. The molecule has 126 valence electrons. The maximum absolute atomic E-state index is 12.9. The van der Waals surface area contributed by atoms with E-state index < -0.39 is 0 Å². The second kappa shape index (κ2) is 8.11. The molecule has 3 rings (SSSR count). The second-order valence-electron chi connectivity index (χ2n) is 6.47. The molecule has 0 atom stereocenters. The summed E-state index contributed by atoms with van der Waals surface area (Å²) in [7, 11) is 0. The van der Waals surface area contributed by atoms with Gasteiger partial charge < -0.3 is 4.90 Å². The molecule has 0 spiro atoms. The maximum Gasteiger partial charge on any atom is 0.241 e. The molecule has 0 aliphatic carbocycles. The molecule has 2 aromatic rings. The fraction of sp³-hybridized carbons (Fsp3) is 0.381. The molecule has 0 bridgehead atoms. The Labute approximate surface area is 144 Å². The SMILES string of the molecule is CCCN(CC(=O)N1CCCc2ccccc21)Cc1ccccc1. The molecule has 24 heavy (non-hydrogen) atoms. The predicted molar refractivity (Wildman–Crippen MR) is 99.1 cm³/mol. The molecule has 1 amide bonds. The van der Waals surface area contributed by atoms with Crippen LogP contribution < -0.4 is 4.90 Å². The topological polar surface area (TPSA) is 23.6 Å². The average Bonchev–Trinajstić information content (AvgIpc) is 2.62. The molecule has 0 saturated carbocycles. The maximum atomic E-state index is 12.9. The summed E-state index contributed by atoms with van der Waals surface area (Å²) >= 11 is 0. The Balaban J connectivity index is 1.70. The van der Waals surface area contributed by atoms with Crippen LogP contribution in [0.1, 0.15) is 30.9 Å². The smallest absolute Gasteiger partial charge is 0.241 e. The fourth-order valence-corrected chi connectivity index (χ4v) is 3.44. The number of carbonyl (C=O) groups is 1. The highest BCUT2D eigenvalue weighted by Crippen LogP contribution is 2.26. The Bertz CT molecular complexity index is 669. The number of amides is 1. The largest absolute Gasteiger partial charge is 0.311 e. The number of hydrogen-bond donors (Lipinski definition) is 0. The van der Waals surface area contributed by atoms with Gasteiger partial charge in [-0.1, -0.05) is 55.5 Å².